The summed E-state index contributed by atoms with van der Waals surface area (Å²) in [6.45, 7) is 11.8. The second kappa shape index (κ2) is 5.71. The lowest BCUT2D eigenvalue weighted by Gasteiger charge is -2.48. The van der Waals surface area contributed by atoms with Crippen molar-refractivity contribution in [3.05, 3.63) is 0 Å². The van der Waals surface area contributed by atoms with E-state index in [1.165, 1.54) is 0 Å². The van der Waals surface area contributed by atoms with Crippen LogP contribution in [0.3, 0.4) is 0 Å². The van der Waals surface area contributed by atoms with Crippen LogP contribution in [0, 0.1) is 0 Å². The van der Waals surface area contributed by atoms with Crippen molar-refractivity contribution in [1.29, 1.82) is 0 Å². The summed E-state index contributed by atoms with van der Waals surface area (Å²) in [6.07, 6.45) is 0.167. The van der Waals surface area contributed by atoms with Gasteiger partial charge >= 0.3 is 0 Å². The summed E-state index contributed by atoms with van der Waals surface area (Å²) in [5.74, 6) is 0. The third kappa shape index (κ3) is 2.92. The Bertz CT molecular complexity index is 217. The van der Waals surface area contributed by atoms with Crippen molar-refractivity contribution in [2.45, 2.75) is 49.8 Å². The minimum Gasteiger partial charge on any atom is -0.380 e. The maximum atomic E-state index is 5.98. The van der Waals surface area contributed by atoms with Crippen molar-refractivity contribution in [1.82, 2.24) is 4.90 Å². The van der Waals surface area contributed by atoms with Gasteiger partial charge in [-0.25, -0.2) is 0 Å². The molecule has 0 radical (unpaired) electrons. The van der Waals surface area contributed by atoms with Gasteiger partial charge in [0, 0.05) is 37.2 Å². The molecule has 3 nitrogen and oxygen atoms in total. The molecule has 0 aliphatic carbocycles. The fraction of sp³-hybridized carbons (Fsp3) is 1.00. The van der Waals surface area contributed by atoms with Gasteiger partial charge in [0.05, 0.1) is 11.6 Å². The monoisotopic (exact) mass is 246 g/mol. The summed E-state index contributed by atoms with van der Waals surface area (Å²) < 4.78 is 5.50. The zero-order valence-corrected chi connectivity index (χ0v) is 12.0. The molecule has 0 aromatic heterocycles. The van der Waals surface area contributed by atoms with Crippen LogP contribution in [-0.2, 0) is 4.74 Å². The summed E-state index contributed by atoms with van der Waals surface area (Å²) >= 11 is 2.07. The Morgan fingerprint density at radius 1 is 1.44 bits per heavy atom. The summed E-state index contributed by atoms with van der Waals surface area (Å²) in [4.78, 5) is 2.51. The van der Waals surface area contributed by atoms with Crippen LogP contribution in [0.15, 0.2) is 0 Å². The second-order valence-electron chi connectivity index (χ2n) is 5.10. The molecule has 1 fully saturated rings. The van der Waals surface area contributed by atoms with Crippen LogP contribution >= 0.6 is 11.8 Å². The van der Waals surface area contributed by atoms with Crippen LogP contribution in [0.4, 0.5) is 0 Å². The van der Waals surface area contributed by atoms with Crippen LogP contribution < -0.4 is 5.73 Å². The zero-order chi connectivity index (χ0) is 12.3. The molecule has 16 heavy (non-hydrogen) atoms. The lowest BCUT2D eigenvalue weighted by Crippen LogP contribution is -2.62. The molecule has 1 rings (SSSR count). The first-order chi connectivity index (χ1) is 7.43. The highest BCUT2D eigenvalue weighted by Crippen LogP contribution is 2.31. The molecule has 4 heteroatoms. The molecule has 1 aliphatic heterocycles. The van der Waals surface area contributed by atoms with Gasteiger partial charge in [-0.1, -0.05) is 13.8 Å². The Kier molecular flexibility index (Phi) is 5.10. The Balaban J connectivity index is 2.78. The summed E-state index contributed by atoms with van der Waals surface area (Å²) in [6, 6.07) is 0. The number of ether oxygens (including phenoxy) is 1. The van der Waals surface area contributed by atoms with Crippen LogP contribution in [0.5, 0.6) is 0 Å². The van der Waals surface area contributed by atoms with Crippen molar-refractivity contribution < 1.29 is 4.74 Å². The van der Waals surface area contributed by atoms with Gasteiger partial charge in [-0.2, -0.15) is 11.8 Å². The fourth-order valence-corrected chi connectivity index (χ4v) is 3.73. The van der Waals surface area contributed by atoms with E-state index in [1.807, 2.05) is 0 Å². The van der Waals surface area contributed by atoms with E-state index < -0.39 is 0 Å². The van der Waals surface area contributed by atoms with Crippen LogP contribution in [0.2, 0.25) is 0 Å². The van der Waals surface area contributed by atoms with E-state index in [2.05, 4.69) is 44.4 Å². The molecule has 0 spiro atoms. The Morgan fingerprint density at radius 2 is 1.94 bits per heavy atom. The zero-order valence-electron chi connectivity index (χ0n) is 11.2. The number of hydrogen-bond donors (Lipinski definition) is 1. The maximum absolute atomic E-state index is 5.98. The second-order valence-corrected chi connectivity index (χ2v) is 6.98. The van der Waals surface area contributed by atoms with Gasteiger partial charge in [-0.05, 0) is 13.8 Å². The molecule has 4 atom stereocenters. The molecule has 0 saturated carbocycles. The largest absolute Gasteiger partial charge is 0.380 e. The first kappa shape index (κ1) is 14.3. The molecular weight excluding hydrogens is 220 g/mol. The highest BCUT2D eigenvalue weighted by atomic mass is 32.2. The topological polar surface area (TPSA) is 38.5 Å². The van der Waals surface area contributed by atoms with Crippen molar-refractivity contribution in [2.24, 2.45) is 5.73 Å². The lowest BCUT2D eigenvalue weighted by atomic mass is 9.92. The third-order valence-electron chi connectivity index (χ3n) is 3.78. The standard InChI is InChI=1S/C12H26N2OS/c1-9-6-14(7-10(2)16-9)12(4,8-13)11(3)15-5/h9-11H,6-8,13H2,1-5H3. The molecule has 1 saturated heterocycles. The summed E-state index contributed by atoms with van der Waals surface area (Å²) in [5.41, 5.74) is 5.93. The number of hydrogen-bond acceptors (Lipinski definition) is 4. The van der Waals surface area contributed by atoms with Gasteiger partial charge in [-0.3, -0.25) is 4.90 Å². The number of thioether (sulfide) groups is 1. The number of nitrogens with two attached hydrogens (primary N) is 1. The maximum Gasteiger partial charge on any atom is 0.0736 e. The van der Waals surface area contributed by atoms with E-state index in [9.17, 15) is 0 Å². The molecule has 1 aliphatic rings. The van der Waals surface area contributed by atoms with E-state index in [-0.39, 0.29) is 11.6 Å². The molecule has 0 amide bonds. The average molecular weight is 246 g/mol. The molecule has 0 aromatic carbocycles. The van der Waals surface area contributed by atoms with E-state index in [0.29, 0.717) is 17.0 Å². The number of rotatable bonds is 4. The van der Waals surface area contributed by atoms with E-state index >= 15 is 0 Å². The quantitative estimate of drug-likeness (QED) is 0.817. The first-order valence-corrected chi connectivity index (χ1v) is 7.01. The van der Waals surface area contributed by atoms with E-state index in [1.54, 1.807) is 7.11 Å². The predicted octanol–water partition coefficient (Wildman–Crippen LogP) is 1.56. The third-order valence-corrected chi connectivity index (χ3v) is 5.01. The molecule has 2 N–H and O–H groups in total. The van der Waals surface area contributed by atoms with Gasteiger partial charge in [0.15, 0.2) is 0 Å². The van der Waals surface area contributed by atoms with Gasteiger partial charge in [0.2, 0.25) is 0 Å². The minimum absolute atomic E-state index is 0.0434. The normalized spacial score (nSPS) is 33.4. The number of methoxy groups -OCH3 is 1. The van der Waals surface area contributed by atoms with Gasteiger partial charge in [0.1, 0.15) is 0 Å². The molecule has 96 valence electrons. The molecule has 0 bridgehead atoms. The van der Waals surface area contributed by atoms with E-state index in [4.69, 9.17) is 10.5 Å². The molecule has 0 aromatic rings. The summed E-state index contributed by atoms with van der Waals surface area (Å²) in [5, 5.41) is 1.36. The smallest absolute Gasteiger partial charge is 0.0736 e. The van der Waals surface area contributed by atoms with Gasteiger partial charge in [-0.15, -0.1) is 0 Å². The van der Waals surface area contributed by atoms with E-state index in [0.717, 1.165) is 13.1 Å². The van der Waals surface area contributed by atoms with Crippen molar-refractivity contribution in [2.75, 3.05) is 26.7 Å². The fourth-order valence-electron chi connectivity index (χ4n) is 2.40. The Morgan fingerprint density at radius 3 is 2.31 bits per heavy atom. The number of nitrogens with zero attached hydrogens (tertiary/aromatic N) is 1. The van der Waals surface area contributed by atoms with Gasteiger partial charge in [0.25, 0.3) is 0 Å². The summed E-state index contributed by atoms with van der Waals surface area (Å²) in [7, 11) is 1.77. The lowest BCUT2D eigenvalue weighted by molar-refractivity contribution is -0.0317. The Hall–Kier alpha value is 0.230. The van der Waals surface area contributed by atoms with Crippen molar-refractivity contribution in [3.63, 3.8) is 0 Å². The molecule has 4 unspecified atom stereocenters. The minimum atomic E-state index is -0.0434. The Labute approximate surface area is 104 Å². The molecule has 1 heterocycles. The average Bonchev–Trinajstić information content (AvgIpc) is 2.25. The SMILES string of the molecule is COC(C)C(C)(CN)N1CC(C)SC(C)C1. The van der Waals surface area contributed by atoms with Crippen LogP contribution in [0.1, 0.15) is 27.7 Å². The molecular formula is C12H26N2OS. The highest BCUT2D eigenvalue weighted by Gasteiger charge is 2.39. The van der Waals surface area contributed by atoms with Crippen molar-refractivity contribution in [3.8, 4) is 0 Å². The van der Waals surface area contributed by atoms with Crippen LogP contribution in [0.25, 0.3) is 0 Å². The predicted molar refractivity (Wildman–Crippen MR) is 72.0 cm³/mol. The first-order valence-electron chi connectivity index (χ1n) is 6.07. The van der Waals surface area contributed by atoms with Gasteiger partial charge < -0.3 is 10.5 Å². The van der Waals surface area contributed by atoms with Crippen LogP contribution in [-0.4, -0.2) is 53.8 Å². The van der Waals surface area contributed by atoms with Crippen molar-refractivity contribution >= 4 is 11.8 Å². The highest BCUT2D eigenvalue weighted by molar-refractivity contribution is 8.00.